The number of hydrogen-bond acceptors (Lipinski definition) is 4. The van der Waals surface area contributed by atoms with Gasteiger partial charge in [0.25, 0.3) is 0 Å². The molecular weight excluding hydrogens is 292 g/mol. The topological polar surface area (TPSA) is 34.1 Å². The fraction of sp³-hybridized carbons (Fsp3) is 0.133. The summed E-state index contributed by atoms with van der Waals surface area (Å²) in [5.74, 6) is 0.647. The normalized spacial score (nSPS) is 10.8. The Morgan fingerprint density at radius 3 is 2.85 bits per heavy atom. The number of benzene rings is 2. The van der Waals surface area contributed by atoms with Gasteiger partial charge >= 0.3 is 0 Å². The van der Waals surface area contributed by atoms with E-state index < -0.39 is 0 Å². The van der Waals surface area contributed by atoms with Crippen molar-refractivity contribution in [1.82, 2.24) is 4.98 Å². The molecule has 3 aromatic rings. The van der Waals surface area contributed by atoms with Gasteiger partial charge in [0.15, 0.2) is 5.13 Å². The fourth-order valence-corrected chi connectivity index (χ4v) is 3.16. The minimum Gasteiger partial charge on any atom is -0.495 e. The lowest BCUT2D eigenvalue weighted by Gasteiger charge is -2.06. The van der Waals surface area contributed by atoms with Crippen molar-refractivity contribution in [2.45, 2.75) is 6.92 Å². The highest BCUT2D eigenvalue weighted by molar-refractivity contribution is 7.22. The molecule has 0 atom stereocenters. The number of halogens is 1. The smallest absolute Gasteiger partial charge is 0.188 e. The van der Waals surface area contributed by atoms with E-state index in [1.807, 2.05) is 18.2 Å². The number of methoxy groups -OCH3 is 1. The van der Waals surface area contributed by atoms with Crippen LogP contribution in [-0.2, 0) is 0 Å². The number of nitrogens with zero attached hydrogens (tertiary/aromatic N) is 1. The van der Waals surface area contributed by atoms with Gasteiger partial charge in [-0.1, -0.05) is 35.1 Å². The fourth-order valence-electron chi connectivity index (χ4n) is 2.00. The summed E-state index contributed by atoms with van der Waals surface area (Å²) in [6.07, 6.45) is 0. The Morgan fingerprint density at radius 1 is 1.25 bits per heavy atom. The maximum Gasteiger partial charge on any atom is 0.188 e. The van der Waals surface area contributed by atoms with E-state index in [1.165, 1.54) is 10.3 Å². The van der Waals surface area contributed by atoms with Crippen LogP contribution in [0.4, 0.5) is 10.8 Å². The largest absolute Gasteiger partial charge is 0.495 e. The van der Waals surface area contributed by atoms with Gasteiger partial charge in [-0.2, -0.15) is 0 Å². The molecule has 1 aromatic heterocycles. The van der Waals surface area contributed by atoms with Crippen molar-refractivity contribution in [2.75, 3.05) is 12.4 Å². The number of rotatable bonds is 3. The number of aryl methyl sites for hydroxylation is 1. The van der Waals surface area contributed by atoms with E-state index in [0.717, 1.165) is 16.3 Å². The van der Waals surface area contributed by atoms with E-state index in [1.54, 1.807) is 24.5 Å². The molecule has 102 valence electrons. The van der Waals surface area contributed by atoms with Gasteiger partial charge in [-0.3, -0.25) is 0 Å². The number of aromatic nitrogens is 1. The lowest BCUT2D eigenvalue weighted by atomic mass is 10.2. The SMILES string of the molecule is COc1cc(Nc2nc3c(C)cccc3s2)ccc1Cl. The van der Waals surface area contributed by atoms with Crippen molar-refractivity contribution >= 4 is 44.0 Å². The minimum absolute atomic E-state index is 0.596. The van der Waals surface area contributed by atoms with Crippen LogP contribution in [0.3, 0.4) is 0 Å². The second-order valence-corrected chi connectivity index (χ2v) is 5.85. The molecule has 0 bridgehead atoms. The molecule has 0 unspecified atom stereocenters. The number of para-hydroxylation sites is 1. The molecule has 3 rings (SSSR count). The van der Waals surface area contributed by atoms with Gasteiger partial charge in [-0.25, -0.2) is 4.98 Å². The molecule has 3 nitrogen and oxygen atoms in total. The maximum absolute atomic E-state index is 6.02. The number of ether oxygens (including phenoxy) is 1. The zero-order valence-corrected chi connectivity index (χ0v) is 12.7. The van der Waals surface area contributed by atoms with Crippen LogP contribution in [0.5, 0.6) is 5.75 Å². The number of nitrogens with one attached hydrogen (secondary N) is 1. The molecule has 0 saturated heterocycles. The molecule has 0 aliphatic heterocycles. The summed E-state index contributed by atoms with van der Waals surface area (Å²) in [4.78, 5) is 4.62. The van der Waals surface area contributed by atoms with Crippen LogP contribution < -0.4 is 10.1 Å². The molecule has 0 radical (unpaired) electrons. The summed E-state index contributed by atoms with van der Waals surface area (Å²) in [6, 6.07) is 11.8. The summed E-state index contributed by atoms with van der Waals surface area (Å²) in [6.45, 7) is 2.07. The molecule has 0 fully saturated rings. The molecule has 20 heavy (non-hydrogen) atoms. The molecule has 0 amide bonds. The van der Waals surface area contributed by atoms with Crippen molar-refractivity contribution in [1.29, 1.82) is 0 Å². The van der Waals surface area contributed by atoms with Gasteiger partial charge in [0, 0.05) is 11.8 Å². The quantitative estimate of drug-likeness (QED) is 0.738. The van der Waals surface area contributed by atoms with Crippen molar-refractivity contribution in [2.24, 2.45) is 0 Å². The van der Waals surface area contributed by atoms with Gasteiger partial charge in [-0.05, 0) is 30.7 Å². The van der Waals surface area contributed by atoms with Gasteiger partial charge in [0.05, 0.1) is 22.3 Å². The molecule has 0 saturated carbocycles. The monoisotopic (exact) mass is 304 g/mol. The Balaban J connectivity index is 1.95. The predicted octanol–water partition coefficient (Wildman–Crippen LogP) is 5.01. The van der Waals surface area contributed by atoms with Crippen LogP contribution in [0.2, 0.25) is 5.02 Å². The molecule has 0 spiro atoms. The van der Waals surface area contributed by atoms with Gasteiger partial charge in [-0.15, -0.1) is 0 Å². The van der Waals surface area contributed by atoms with E-state index in [0.29, 0.717) is 10.8 Å². The van der Waals surface area contributed by atoms with Crippen LogP contribution in [0.25, 0.3) is 10.2 Å². The molecule has 1 N–H and O–H groups in total. The van der Waals surface area contributed by atoms with Gasteiger partial charge in [0.1, 0.15) is 5.75 Å². The Hall–Kier alpha value is -1.78. The first-order valence-corrected chi connectivity index (χ1v) is 7.33. The second-order valence-electron chi connectivity index (χ2n) is 4.41. The first kappa shape index (κ1) is 13.2. The molecule has 2 aromatic carbocycles. The third-order valence-electron chi connectivity index (χ3n) is 3.02. The van der Waals surface area contributed by atoms with Crippen LogP contribution >= 0.6 is 22.9 Å². The standard InChI is InChI=1S/C15H13ClN2OS/c1-9-4-3-5-13-14(9)18-15(20-13)17-10-6-7-11(16)12(8-10)19-2/h3-8H,1-2H3,(H,17,18). The molecule has 0 aliphatic carbocycles. The van der Waals surface area contributed by atoms with E-state index in [9.17, 15) is 0 Å². The second kappa shape index (κ2) is 5.31. The van der Waals surface area contributed by atoms with E-state index >= 15 is 0 Å². The van der Waals surface area contributed by atoms with Crippen molar-refractivity contribution < 1.29 is 4.74 Å². The molecule has 5 heteroatoms. The van der Waals surface area contributed by atoms with E-state index in [4.69, 9.17) is 16.3 Å². The van der Waals surface area contributed by atoms with E-state index in [-0.39, 0.29) is 0 Å². The zero-order chi connectivity index (χ0) is 14.1. The first-order chi connectivity index (χ1) is 9.67. The lowest BCUT2D eigenvalue weighted by molar-refractivity contribution is 0.415. The van der Waals surface area contributed by atoms with Gasteiger partial charge < -0.3 is 10.1 Å². The Kier molecular flexibility index (Phi) is 3.51. The highest BCUT2D eigenvalue weighted by Crippen LogP contribution is 2.32. The van der Waals surface area contributed by atoms with Crippen LogP contribution in [0, 0.1) is 6.92 Å². The van der Waals surface area contributed by atoms with Crippen LogP contribution in [0.1, 0.15) is 5.56 Å². The summed E-state index contributed by atoms with van der Waals surface area (Å²) in [5, 5.41) is 4.75. The average Bonchev–Trinajstić information content (AvgIpc) is 2.85. The third kappa shape index (κ3) is 2.44. The summed E-state index contributed by atoms with van der Waals surface area (Å²) < 4.78 is 6.39. The van der Waals surface area contributed by atoms with Crippen molar-refractivity contribution in [3.05, 3.63) is 47.0 Å². The van der Waals surface area contributed by atoms with Crippen LogP contribution in [-0.4, -0.2) is 12.1 Å². The zero-order valence-electron chi connectivity index (χ0n) is 11.1. The number of hydrogen-bond donors (Lipinski definition) is 1. The molecule has 1 heterocycles. The van der Waals surface area contributed by atoms with Gasteiger partial charge in [0.2, 0.25) is 0 Å². The lowest BCUT2D eigenvalue weighted by Crippen LogP contribution is -1.91. The average molecular weight is 305 g/mol. The first-order valence-electron chi connectivity index (χ1n) is 6.14. The Morgan fingerprint density at radius 2 is 2.10 bits per heavy atom. The maximum atomic E-state index is 6.02. The summed E-state index contributed by atoms with van der Waals surface area (Å²) in [5.41, 5.74) is 3.13. The molecular formula is C15H13ClN2OS. The predicted molar refractivity (Wildman–Crippen MR) is 85.6 cm³/mol. The number of anilines is 2. The summed E-state index contributed by atoms with van der Waals surface area (Å²) in [7, 11) is 1.60. The van der Waals surface area contributed by atoms with Crippen LogP contribution in [0.15, 0.2) is 36.4 Å². The van der Waals surface area contributed by atoms with Crippen molar-refractivity contribution in [3.8, 4) is 5.75 Å². The number of thiazole rings is 1. The Labute approximate surface area is 126 Å². The van der Waals surface area contributed by atoms with E-state index in [2.05, 4.69) is 29.4 Å². The summed E-state index contributed by atoms with van der Waals surface area (Å²) >= 11 is 7.65. The molecule has 0 aliphatic rings. The highest BCUT2D eigenvalue weighted by atomic mass is 35.5. The number of fused-ring (bicyclic) bond motifs is 1. The third-order valence-corrected chi connectivity index (χ3v) is 4.27. The van der Waals surface area contributed by atoms with Crippen molar-refractivity contribution in [3.63, 3.8) is 0 Å². The Bertz CT molecular complexity index is 770. The minimum atomic E-state index is 0.596. The highest BCUT2D eigenvalue weighted by Gasteiger charge is 2.07.